The summed E-state index contributed by atoms with van der Waals surface area (Å²) >= 11 is 0. The number of fused-ring (bicyclic) bond motifs is 2. The maximum Gasteiger partial charge on any atom is 0.201 e. The van der Waals surface area contributed by atoms with Gasteiger partial charge in [-0.05, 0) is 42.8 Å². The molecule has 30 heavy (non-hydrogen) atoms. The molecule has 0 aliphatic rings. The van der Waals surface area contributed by atoms with E-state index in [2.05, 4.69) is 19.9 Å². The molecule has 0 radical (unpaired) electrons. The summed E-state index contributed by atoms with van der Waals surface area (Å²) in [5.74, 6) is -2.04. The molecule has 6 nitrogen and oxygen atoms in total. The molecule has 5 aromatic rings. The molecule has 0 aliphatic carbocycles. The van der Waals surface area contributed by atoms with Gasteiger partial charge < -0.3 is 15.7 Å². The number of pyridine rings is 1. The Bertz CT molecular complexity index is 1470. The third-order valence-corrected chi connectivity index (χ3v) is 5.06. The number of anilines is 1. The number of aryl methyl sites for hydroxylation is 1. The largest absolute Gasteiger partial charge is 0.396 e. The Hall–Kier alpha value is -4.07. The Morgan fingerprint density at radius 3 is 2.77 bits per heavy atom. The maximum absolute atomic E-state index is 14.4. The Kier molecular flexibility index (Phi) is 3.89. The van der Waals surface area contributed by atoms with E-state index >= 15 is 0 Å². The van der Waals surface area contributed by atoms with E-state index in [1.165, 1.54) is 6.20 Å². The summed E-state index contributed by atoms with van der Waals surface area (Å²) in [6, 6.07) is 9.56. The minimum absolute atomic E-state index is 0.111. The summed E-state index contributed by atoms with van der Waals surface area (Å²) in [4.78, 5) is 27.8. The average Bonchev–Trinajstić information content (AvgIpc) is 3.32. The lowest BCUT2D eigenvalue weighted by atomic mass is 9.99. The number of ketones is 1. The zero-order valence-corrected chi connectivity index (χ0v) is 15.8. The fourth-order valence-corrected chi connectivity index (χ4v) is 3.57. The minimum atomic E-state index is -1.07. The first-order chi connectivity index (χ1) is 14.4. The maximum atomic E-state index is 14.4. The second kappa shape index (κ2) is 6.48. The molecule has 0 atom stereocenters. The molecule has 0 unspecified atom stereocenters. The van der Waals surface area contributed by atoms with Gasteiger partial charge in [-0.25, -0.2) is 18.7 Å². The number of benzene rings is 2. The third-order valence-electron chi connectivity index (χ3n) is 5.06. The number of hydrogen-bond donors (Lipinski definition) is 3. The normalized spacial score (nSPS) is 11.4. The molecule has 3 aromatic heterocycles. The Morgan fingerprint density at radius 1 is 1.10 bits per heavy atom. The molecule has 0 saturated carbocycles. The van der Waals surface area contributed by atoms with Crippen LogP contribution < -0.4 is 5.73 Å². The van der Waals surface area contributed by atoms with Gasteiger partial charge in [-0.15, -0.1) is 0 Å². The van der Waals surface area contributed by atoms with E-state index in [1.807, 2.05) is 25.1 Å². The lowest BCUT2D eigenvalue weighted by Gasteiger charge is -2.06. The Labute approximate surface area is 168 Å². The van der Waals surface area contributed by atoms with Gasteiger partial charge in [0.1, 0.15) is 17.3 Å². The van der Waals surface area contributed by atoms with Crippen molar-refractivity contribution >= 4 is 33.5 Å². The van der Waals surface area contributed by atoms with Gasteiger partial charge in [-0.2, -0.15) is 0 Å². The molecule has 0 fully saturated rings. The van der Waals surface area contributed by atoms with Crippen LogP contribution in [0.25, 0.3) is 33.2 Å². The van der Waals surface area contributed by atoms with Crippen LogP contribution in [0, 0.1) is 18.6 Å². The molecule has 0 aliphatic heterocycles. The zero-order chi connectivity index (χ0) is 21.0. The Balaban J connectivity index is 1.64. The highest BCUT2D eigenvalue weighted by molar-refractivity contribution is 6.16. The van der Waals surface area contributed by atoms with E-state index in [-0.39, 0.29) is 11.3 Å². The number of hydrogen-bond acceptors (Lipinski definition) is 4. The number of nitrogens with zero attached hydrogens (tertiary/aromatic N) is 2. The number of carbonyl (C=O) groups excluding carboxylic acids is 1. The number of halogens is 2. The van der Waals surface area contributed by atoms with Gasteiger partial charge in [0.05, 0.1) is 22.3 Å². The predicted octanol–water partition coefficient (Wildman–Crippen LogP) is 4.51. The summed E-state index contributed by atoms with van der Waals surface area (Å²) in [5.41, 5.74) is 8.40. The second-order valence-electron chi connectivity index (χ2n) is 7.03. The highest BCUT2D eigenvalue weighted by Crippen LogP contribution is 2.29. The molecule has 8 heteroatoms. The van der Waals surface area contributed by atoms with Crippen LogP contribution in [0.5, 0.6) is 0 Å². The van der Waals surface area contributed by atoms with Crippen molar-refractivity contribution in [3.8, 4) is 11.1 Å². The predicted molar refractivity (Wildman–Crippen MR) is 110 cm³/mol. The van der Waals surface area contributed by atoms with Crippen LogP contribution >= 0.6 is 0 Å². The summed E-state index contributed by atoms with van der Waals surface area (Å²) in [5, 5.41) is 0.456. The van der Waals surface area contributed by atoms with E-state index in [4.69, 9.17) is 5.73 Å². The summed E-state index contributed by atoms with van der Waals surface area (Å²) in [6.45, 7) is 1.87. The van der Waals surface area contributed by atoms with Crippen LogP contribution in [0.1, 0.15) is 21.7 Å². The quantitative estimate of drug-likeness (QED) is 0.305. The van der Waals surface area contributed by atoms with Crippen molar-refractivity contribution in [2.45, 2.75) is 6.92 Å². The van der Waals surface area contributed by atoms with Crippen LogP contribution in [-0.4, -0.2) is 25.7 Å². The third kappa shape index (κ3) is 2.73. The summed E-state index contributed by atoms with van der Waals surface area (Å²) in [6.07, 6.45) is 3.06. The van der Waals surface area contributed by atoms with Crippen molar-refractivity contribution in [2.75, 3.05) is 5.73 Å². The van der Waals surface area contributed by atoms with Gasteiger partial charge in [0, 0.05) is 28.9 Å². The molecular formula is C22H15F2N5O. The zero-order valence-electron chi connectivity index (χ0n) is 15.8. The standard InChI is InChI=1S/C22H15F2N5O/c1-10-28-17-5-2-11(7-18(17)29-10)12-6-13-14(9-27-22(13)26-8-12)21(30)19-15(23)3-4-16(25)20(19)24/h2-9H,25H2,1H3,(H,26,27)(H,28,29). The van der Waals surface area contributed by atoms with E-state index < -0.39 is 23.0 Å². The molecule has 0 bridgehead atoms. The van der Waals surface area contributed by atoms with Crippen LogP contribution in [-0.2, 0) is 0 Å². The van der Waals surface area contributed by atoms with Crippen LogP contribution in [0.3, 0.4) is 0 Å². The van der Waals surface area contributed by atoms with Crippen molar-refractivity contribution in [1.82, 2.24) is 19.9 Å². The average molecular weight is 403 g/mol. The fourth-order valence-electron chi connectivity index (χ4n) is 3.57. The number of aromatic nitrogens is 4. The second-order valence-corrected chi connectivity index (χ2v) is 7.03. The molecule has 0 spiro atoms. The van der Waals surface area contributed by atoms with Crippen molar-refractivity contribution in [3.05, 3.63) is 77.4 Å². The monoisotopic (exact) mass is 403 g/mol. The van der Waals surface area contributed by atoms with E-state index in [1.54, 1.807) is 12.3 Å². The van der Waals surface area contributed by atoms with E-state index in [0.29, 0.717) is 11.0 Å². The SMILES string of the molecule is Cc1nc2cc(-c3cnc4[nH]cc(C(=O)c5c(F)ccc(N)c5F)c4c3)ccc2[nH]1. The molecular weight excluding hydrogens is 388 g/mol. The summed E-state index contributed by atoms with van der Waals surface area (Å²) in [7, 11) is 0. The van der Waals surface area contributed by atoms with Crippen molar-refractivity contribution in [3.63, 3.8) is 0 Å². The first-order valence-electron chi connectivity index (χ1n) is 9.14. The fraction of sp³-hybridized carbons (Fsp3) is 0.0455. The van der Waals surface area contributed by atoms with E-state index in [0.717, 1.165) is 40.1 Å². The molecule has 3 heterocycles. The van der Waals surface area contributed by atoms with Crippen molar-refractivity contribution < 1.29 is 13.6 Å². The number of carbonyl (C=O) groups is 1. The van der Waals surface area contributed by atoms with Gasteiger partial charge in [-0.1, -0.05) is 6.07 Å². The molecule has 4 N–H and O–H groups in total. The molecule has 5 rings (SSSR count). The molecule has 0 amide bonds. The smallest absolute Gasteiger partial charge is 0.201 e. The number of H-pyrrole nitrogens is 2. The number of nitrogens with two attached hydrogens (primary N) is 1. The first-order valence-corrected chi connectivity index (χ1v) is 9.14. The number of aromatic amines is 2. The van der Waals surface area contributed by atoms with Crippen LogP contribution in [0.2, 0.25) is 0 Å². The number of nitrogens with one attached hydrogen (secondary N) is 2. The highest BCUT2D eigenvalue weighted by Gasteiger charge is 2.24. The van der Waals surface area contributed by atoms with Gasteiger partial charge >= 0.3 is 0 Å². The Morgan fingerprint density at radius 2 is 1.93 bits per heavy atom. The number of nitrogen functional groups attached to an aromatic ring is 1. The molecule has 148 valence electrons. The number of imidazole rings is 1. The van der Waals surface area contributed by atoms with Crippen LogP contribution in [0.15, 0.2) is 48.8 Å². The summed E-state index contributed by atoms with van der Waals surface area (Å²) < 4.78 is 28.6. The number of rotatable bonds is 3. The lowest BCUT2D eigenvalue weighted by molar-refractivity contribution is 0.103. The van der Waals surface area contributed by atoms with Crippen LogP contribution in [0.4, 0.5) is 14.5 Å². The molecule has 2 aromatic carbocycles. The van der Waals surface area contributed by atoms with Gasteiger partial charge in [0.2, 0.25) is 5.78 Å². The highest BCUT2D eigenvalue weighted by atomic mass is 19.1. The van der Waals surface area contributed by atoms with E-state index in [9.17, 15) is 13.6 Å². The topological polar surface area (TPSA) is 100 Å². The first kappa shape index (κ1) is 18.0. The van der Waals surface area contributed by atoms with Gasteiger partial charge in [0.15, 0.2) is 5.82 Å². The van der Waals surface area contributed by atoms with Crippen molar-refractivity contribution in [1.29, 1.82) is 0 Å². The minimum Gasteiger partial charge on any atom is -0.396 e. The molecule has 0 saturated heterocycles. The van der Waals surface area contributed by atoms with Gasteiger partial charge in [-0.3, -0.25) is 4.79 Å². The lowest BCUT2D eigenvalue weighted by Crippen LogP contribution is -2.09. The van der Waals surface area contributed by atoms with Crippen molar-refractivity contribution in [2.24, 2.45) is 0 Å². The van der Waals surface area contributed by atoms with Gasteiger partial charge in [0.25, 0.3) is 0 Å².